The van der Waals surface area contributed by atoms with E-state index < -0.39 is 0 Å². The number of rotatable bonds is 5. The summed E-state index contributed by atoms with van der Waals surface area (Å²) in [7, 11) is 0. The molecule has 1 unspecified atom stereocenters. The van der Waals surface area contributed by atoms with Crippen molar-refractivity contribution in [2.75, 3.05) is 13.2 Å². The Morgan fingerprint density at radius 3 is 3.05 bits per heavy atom. The van der Waals surface area contributed by atoms with Crippen LogP contribution in [0.1, 0.15) is 44.6 Å². The van der Waals surface area contributed by atoms with Gasteiger partial charge in [0.05, 0.1) is 5.60 Å². The summed E-state index contributed by atoms with van der Waals surface area (Å²) in [5.74, 6) is 0. The first-order valence-electron chi connectivity index (χ1n) is 7.90. The van der Waals surface area contributed by atoms with Gasteiger partial charge in [-0.2, -0.15) is 0 Å². The summed E-state index contributed by atoms with van der Waals surface area (Å²) in [4.78, 5) is 1.42. The fourth-order valence-corrected chi connectivity index (χ4v) is 4.56. The molecule has 1 atom stereocenters. The molecule has 0 radical (unpaired) electrons. The van der Waals surface area contributed by atoms with Gasteiger partial charge >= 0.3 is 0 Å². The Hall–Kier alpha value is -0.510. The predicted octanol–water partition coefficient (Wildman–Crippen LogP) is 3.99. The maximum Gasteiger partial charge on any atom is 0.0693 e. The zero-order valence-electron chi connectivity index (χ0n) is 12.4. The van der Waals surface area contributed by atoms with Crippen LogP contribution in [0.2, 0.25) is 0 Å². The molecule has 110 valence electrons. The van der Waals surface area contributed by atoms with E-state index >= 15 is 0 Å². The van der Waals surface area contributed by atoms with E-state index in [0.29, 0.717) is 0 Å². The van der Waals surface area contributed by atoms with E-state index in [1.165, 1.54) is 42.6 Å². The van der Waals surface area contributed by atoms with E-state index in [0.717, 1.165) is 24.9 Å². The highest BCUT2D eigenvalue weighted by Crippen LogP contribution is 2.46. The summed E-state index contributed by atoms with van der Waals surface area (Å²) in [5, 5.41) is 4.13. The maximum absolute atomic E-state index is 6.02. The van der Waals surface area contributed by atoms with Gasteiger partial charge < -0.3 is 10.1 Å². The summed E-state index contributed by atoms with van der Waals surface area (Å²) in [6.07, 6.45) is 6.36. The third kappa shape index (κ3) is 3.38. The lowest BCUT2D eigenvalue weighted by atomic mass is 9.75. The van der Waals surface area contributed by atoms with Gasteiger partial charge in [-0.25, -0.2) is 0 Å². The Kier molecular flexibility index (Phi) is 4.69. The highest BCUT2D eigenvalue weighted by atomic mass is 32.2. The molecule has 1 heterocycles. The summed E-state index contributed by atoms with van der Waals surface area (Å²) in [6.45, 7) is 5.11. The average Bonchev–Trinajstić information content (AvgIpc) is 2.44. The SMILES string of the molecule is CCNCc1cccc(SC2CCOC3(CCC3)C2)c1. The van der Waals surface area contributed by atoms with Crippen LogP contribution in [0.3, 0.4) is 0 Å². The van der Waals surface area contributed by atoms with Crippen molar-refractivity contribution < 1.29 is 4.74 Å². The smallest absolute Gasteiger partial charge is 0.0693 e. The highest BCUT2D eigenvalue weighted by Gasteiger charge is 2.42. The number of hydrogen-bond acceptors (Lipinski definition) is 3. The molecule has 1 aromatic rings. The summed E-state index contributed by atoms with van der Waals surface area (Å²) in [6, 6.07) is 9.00. The number of thioether (sulfide) groups is 1. The molecular formula is C17H25NOS. The van der Waals surface area contributed by atoms with Gasteiger partial charge in [0.2, 0.25) is 0 Å². The van der Waals surface area contributed by atoms with Crippen LogP contribution in [0.5, 0.6) is 0 Å². The quantitative estimate of drug-likeness (QED) is 0.886. The maximum atomic E-state index is 6.02. The van der Waals surface area contributed by atoms with Crippen molar-refractivity contribution >= 4 is 11.8 Å². The molecule has 1 aliphatic heterocycles. The minimum absolute atomic E-state index is 0.261. The standard InChI is InChI=1S/C17H25NOS/c1-2-18-13-14-5-3-6-15(11-14)20-16-7-10-19-17(12-16)8-4-9-17/h3,5-6,11,16,18H,2,4,7-10,12-13H2,1H3. The zero-order chi connectivity index (χ0) is 13.8. The van der Waals surface area contributed by atoms with Crippen molar-refractivity contribution in [2.24, 2.45) is 0 Å². The molecule has 20 heavy (non-hydrogen) atoms. The average molecular weight is 291 g/mol. The summed E-state index contributed by atoms with van der Waals surface area (Å²) < 4.78 is 6.02. The van der Waals surface area contributed by atoms with Crippen molar-refractivity contribution in [1.82, 2.24) is 5.32 Å². The molecule has 0 aromatic heterocycles. The van der Waals surface area contributed by atoms with E-state index in [2.05, 4.69) is 48.3 Å². The number of ether oxygens (including phenoxy) is 1. The first-order chi connectivity index (χ1) is 9.80. The second-order valence-corrected chi connectivity index (χ2v) is 7.42. The predicted molar refractivity (Wildman–Crippen MR) is 85.2 cm³/mol. The third-order valence-corrected chi connectivity index (χ3v) is 5.75. The Morgan fingerprint density at radius 2 is 2.30 bits per heavy atom. The zero-order valence-corrected chi connectivity index (χ0v) is 13.2. The molecule has 2 fully saturated rings. The van der Waals surface area contributed by atoms with Crippen LogP contribution < -0.4 is 5.32 Å². The lowest BCUT2D eigenvalue weighted by Crippen LogP contribution is -2.46. The van der Waals surface area contributed by atoms with Crippen LogP contribution in [-0.4, -0.2) is 24.0 Å². The largest absolute Gasteiger partial charge is 0.375 e. The van der Waals surface area contributed by atoms with Crippen LogP contribution in [-0.2, 0) is 11.3 Å². The van der Waals surface area contributed by atoms with Gasteiger partial charge in [0.25, 0.3) is 0 Å². The van der Waals surface area contributed by atoms with Crippen molar-refractivity contribution in [1.29, 1.82) is 0 Å². The summed E-state index contributed by atoms with van der Waals surface area (Å²) in [5.41, 5.74) is 1.65. The minimum Gasteiger partial charge on any atom is -0.375 e. The van der Waals surface area contributed by atoms with E-state index in [1.54, 1.807) is 0 Å². The Labute approximate surface area is 126 Å². The van der Waals surface area contributed by atoms with Gasteiger partial charge in [-0.1, -0.05) is 19.1 Å². The molecule has 1 N–H and O–H groups in total. The molecule has 3 heteroatoms. The van der Waals surface area contributed by atoms with Crippen LogP contribution in [0.25, 0.3) is 0 Å². The Balaban J connectivity index is 1.59. The van der Waals surface area contributed by atoms with Gasteiger partial charge in [0, 0.05) is 23.3 Å². The molecule has 0 amide bonds. The number of hydrogen-bond donors (Lipinski definition) is 1. The molecular weight excluding hydrogens is 266 g/mol. The fourth-order valence-electron chi connectivity index (χ4n) is 3.19. The van der Waals surface area contributed by atoms with E-state index in [9.17, 15) is 0 Å². The molecule has 2 aliphatic rings. The van der Waals surface area contributed by atoms with Crippen LogP contribution in [0.15, 0.2) is 29.2 Å². The number of nitrogens with one attached hydrogen (secondary N) is 1. The van der Waals surface area contributed by atoms with Crippen molar-refractivity contribution in [3.05, 3.63) is 29.8 Å². The molecule has 3 rings (SSSR count). The third-order valence-electron chi connectivity index (χ3n) is 4.49. The fraction of sp³-hybridized carbons (Fsp3) is 0.647. The highest BCUT2D eigenvalue weighted by molar-refractivity contribution is 8.00. The molecule has 1 saturated carbocycles. The van der Waals surface area contributed by atoms with E-state index in [-0.39, 0.29) is 5.60 Å². The van der Waals surface area contributed by atoms with Crippen LogP contribution in [0.4, 0.5) is 0 Å². The molecule has 2 nitrogen and oxygen atoms in total. The lowest BCUT2D eigenvalue weighted by molar-refractivity contribution is -0.125. The van der Waals surface area contributed by atoms with Gasteiger partial charge in [0.15, 0.2) is 0 Å². The van der Waals surface area contributed by atoms with Crippen LogP contribution in [0, 0.1) is 0 Å². The molecule has 0 bridgehead atoms. The van der Waals surface area contributed by atoms with Gasteiger partial charge in [-0.05, 0) is 56.3 Å². The second-order valence-electron chi connectivity index (χ2n) is 6.05. The molecule has 1 spiro atoms. The normalized spacial score (nSPS) is 24.6. The van der Waals surface area contributed by atoms with Crippen molar-refractivity contribution in [2.45, 2.75) is 61.3 Å². The molecule has 1 aliphatic carbocycles. The van der Waals surface area contributed by atoms with Gasteiger partial charge in [-0.3, -0.25) is 0 Å². The molecule has 1 saturated heterocycles. The van der Waals surface area contributed by atoms with Crippen molar-refractivity contribution in [3.63, 3.8) is 0 Å². The second kappa shape index (κ2) is 6.50. The minimum atomic E-state index is 0.261. The Morgan fingerprint density at radius 1 is 1.40 bits per heavy atom. The first kappa shape index (κ1) is 14.4. The molecule has 1 aromatic carbocycles. The Bertz CT molecular complexity index is 444. The van der Waals surface area contributed by atoms with Crippen molar-refractivity contribution in [3.8, 4) is 0 Å². The van der Waals surface area contributed by atoms with Gasteiger partial charge in [-0.15, -0.1) is 11.8 Å². The van der Waals surface area contributed by atoms with E-state index in [1.807, 2.05) is 0 Å². The van der Waals surface area contributed by atoms with Crippen LogP contribution >= 0.6 is 11.8 Å². The van der Waals surface area contributed by atoms with Gasteiger partial charge in [0.1, 0.15) is 0 Å². The van der Waals surface area contributed by atoms with E-state index in [4.69, 9.17) is 4.74 Å². The lowest BCUT2D eigenvalue weighted by Gasteiger charge is -2.47. The summed E-state index contributed by atoms with van der Waals surface area (Å²) >= 11 is 2.06. The monoisotopic (exact) mass is 291 g/mol. The topological polar surface area (TPSA) is 21.3 Å². The number of benzene rings is 1. The first-order valence-corrected chi connectivity index (χ1v) is 8.78.